The van der Waals surface area contributed by atoms with Gasteiger partial charge in [0.1, 0.15) is 0 Å². The Balaban J connectivity index is 2.18. The van der Waals surface area contributed by atoms with Gasteiger partial charge in [0.15, 0.2) is 0 Å². The van der Waals surface area contributed by atoms with Crippen molar-refractivity contribution in [1.29, 1.82) is 0 Å². The lowest BCUT2D eigenvalue weighted by molar-refractivity contribution is 0.328. The van der Waals surface area contributed by atoms with Gasteiger partial charge >= 0.3 is 0 Å². The third-order valence-electron chi connectivity index (χ3n) is 2.67. The van der Waals surface area contributed by atoms with E-state index in [4.69, 9.17) is 10.2 Å². The summed E-state index contributed by atoms with van der Waals surface area (Å²) in [6.45, 7) is 1.41. The summed E-state index contributed by atoms with van der Waals surface area (Å²) in [6.07, 6.45) is 0.911. The minimum atomic E-state index is -1.13. The fourth-order valence-corrected chi connectivity index (χ4v) is 3.78. The van der Waals surface area contributed by atoms with Crippen LogP contribution < -0.4 is 16.1 Å². The van der Waals surface area contributed by atoms with Crippen LogP contribution >= 0.6 is 0 Å². The molecular formula is C15H18NOSi. The highest BCUT2D eigenvalue weighted by atomic mass is 28.3. The molecule has 0 saturated heterocycles. The van der Waals surface area contributed by atoms with E-state index in [2.05, 4.69) is 48.5 Å². The zero-order valence-corrected chi connectivity index (χ0v) is 11.4. The molecule has 18 heavy (non-hydrogen) atoms. The highest BCUT2D eigenvalue weighted by Crippen LogP contribution is 1.95. The quantitative estimate of drug-likeness (QED) is 0.622. The lowest BCUT2D eigenvalue weighted by Crippen LogP contribution is -2.45. The van der Waals surface area contributed by atoms with Crippen LogP contribution in [0.3, 0.4) is 0 Å². The van der Waals surface area contributed by atoms with E-state index in [1.54, 1.807) is 0 Å². The van der Waals surface area contributed by atoms with E-state index in [1.165, 1.54) is 10.4 Å². The Morgan fingerprint density at radius 2 is 1.33 bits per heavy atom. The molecule has 0 atom stereocenters. The zero-order valence-electron chi connectivity index (χ0n) is 10.4. The van der Waals surface area contributed by atoms with E-state index in [0.29, 0.717) is 6.54 Å². The van der Waals surface area contributed by atoms with Crippen LogP contribution in [-0.4, -0.2) is 22.2 Å². The van der Waals surface area contributed by atoms with E-state index in [1.807, 2.05) is 12.1 Å². The highest BCUT2D eigenvalue weighted by Gasteiger charge is 2.18. The van der Waals surface area contributed by atoms with E-state index in [0.717, 1.165) is 13.0 Å². The third-order valence-corrected chi connectivity index (χ3v) is 4.88. The molecular weight excluding hydrogens is 238 g/mol. The van der Waals surface area contributed by atoms with E-state index >= 15 is 0 Å². The molecule has 2 aromatic carbocycles. The fourth-order valence-electron chi connectivity index (χ4n) is 1.77. The predicted octanol–water partition coefficient (Wildman–Crippen LogP) is 1.16. The maximum atomic E-state index is 6.08. The minimum Gasteiger partial charge on any atom is -0.407 e. The summed E-state index contributed by atoms with van der Waals surface area (Å²) in [4.78, 5) is 0. The Hall–Kier alpha value is -1.42. The van der Waals surface area contributed by atoms with E-state index in [9.17, 15) is 0 Å². The first-order valence-electron chi connectivity index (χ1n) is 6.22. The molecule has 0 amide bonds. The standard InChI is InChI=1S/C15H18NOSi/c16-12-7-13-17-18(14-8-3-1-4-9-14)15-10-5-2-6-11-15/h1-6,8-11H,7,12-13,16H2. The van der Waals surface area contributed by atoms with Crippen LogP contribution in [0.25, 0.3) is 0 Å². The average Bonchev–Trinajstić information content (AvgIpc) is 2.46. The SMILES string of the molecule is NCCCO[Si](c1ccccc1)c1ccccc1. The Kier molecular flexibility index (Phi) is 5.14. The van der Waals surface area contributed by atoms with Crippen LogP contribution in [-0.2, 0) is 4.43 Å². The van der Waals surface area contributed by atoms with E-state index < -0.39 is 9.04 Å². The lowest BCUT2D eigenvalue weighted by Gasteiger charge is -2.15. The largest absolute Gasteiger partial charge is 0.407 e. The molecule has 0 saturated carbocycles. The van der Waals surface area contributed by atoms with Crippen molar-refractivity contribution in [1.82, 2.24) is 0 Å². The number of rotatable bonds is 6. The Labute approximate surface area is 110 Å². The molecule has 2 aromatic rings. The van der Waals surface area contributed by atoms with Crippen molar-refractivity contribution in [2.45, 2.75) is 6.42 Å². The second-order valence-corrected chi connectivity index (χ2v) is 6.15. The van der Waals surface area contributed by atoms with Gasteiger partial charge in [0.25, 0.3) is 9.04 Å². The van der Waals surface area contributed by atoms with Gasteiger partial charge in [-0.05, 0) is 23.3 Å². The molecule has 2 rings (SSSR count). The summed E-state index contributed by atoms with van der Waals surface area (Å²) in [5.74, 6) is 0. The Morgan fingerprint density at radius 1 is 0.833 bits per heavy atom. The van der Waals surface area contributed by atoms with Gasteiger partial charge in [-0.3, -0.25) is 0 Å². The van der Waals surface area contributed by atoms with Gasteiger partial charge in [-0.25, -0.2) is 0 Å². The van der Waals surface area contributed by atoms with Gasteiger partial charge in [-0.2, -0.15) is 0 Å². The molecule has 0 bridgehead atoms. The molecule has 0 aliphatic carbocycles. The summed E-state index contributed by atoms with van der Waals surface area (Å²) >= 11 is 0. The Bertz CT molecular complexity index is 407. The number of hydrogen-bond acceptors (Lipinski definition) is 2. The van der Waals surface area contributed by atoms with Gasteiger partial charge < -0.3 is 10.2 Å². The van der Waals surface area contributed by atoms with Gasteiger partial charge in [-0.15, -0.1) is 0 Å². The molecule has 3 heteroatoms. The van der Waals surface area contributed by atoms with Gasteiger partial charge in [0, 0.05) is 6.61 Å². The second-order valence-electron chi connectivity index (χ2n) is 4.05. The summed E-state index contributed by atoms with van der Waals surface area (Å²) < 4.78 is 6.08. The normalized spacial score (nSPS) is 10.8. The van der Waals surface area contributed by atoms with Crippen molar-refractivity contribution < 1.29 is 4.43 Å². The first kappa shape index (κ1) is 13.0. The molecule has 0 fully saturated rings. The number of benzene rings is 2. The van der Waals surface area contributed by atoms with Gasteiger partial charge in [0.05, 0.1) is 0 Å². The number of nitrogens with two attached hydrogens (primary N) is 1. The number of hydrogen-bond donors (Lipinski definition) is 1. The molecule has 0 aliphatic heterocycles. The summed E-state index contributed by atoms with van der Waals surface area (Å²) in [5.41, 5.74) is 5.52. The van der Waals surface area contributed by atoms with Crippen molar-refractivity contribution in [2.75, 3.05) is 13.2 Å². The smallest absolute Gasteiger partial charge is 0.282 e. The molecule has 0 spiro atoms. The predicted molar refractivity (Wildman–Crippen MR) is 77.5 cm³/mol. The summed E-state index contributed by atoms with van der Waals surface area (Å²) in [5, 5.41) is 2.57. The molecule has 0 unspecified atom stereocenters. The van der Waals surface area contributed by atoms with E-state index in [-0.39, 0.29) is 0 Å². The zero-order chi connectivity index (χ0) is 12.6. The lowest BCUT2D eigenvalue weighted by atomic mass is 10.4. The van der Waals surface area contributed by atoms with Crippen LogP contribution in [0.2, 0.25) is 0 Å². The molecule has 0 heterocycles. The Morgan fingerprint density at radius 3 is 1.78 bits per heavy atom. The van der Waals surface area contributed by atoms with Crippen LogP contribution in [0, 0.1) is 0 Å². The van der Waals surface area contributed by atoms with Crippen LogP contribution in [0.1, 0.15) is 6.42 Å². The van der Waals surface area contributed by atoms with Crippen molar-refractivity contribution in [2.24, 2.45) is 5.73 Å². The minimum absolute atomic E-state index is 0.679. The first-order chi connectivity index (χ1) is 8.92. The molecule has 0 aliphatic rings. The van der Waals surface area contributed by atoms with Crippen LogP contribution in [0.15, 0.2) is 60.7 Å². The second kappa shape index (κ2) is 7.11. The van der Waals surface area contributed by atoms with Crippen molar-refractivity contribution in [3.05, 3.63) is 60.7 Å². The van der Waals surface area contributed by atoms with Crippen LogP contribution in [0.4, 0.5) is 0 Å². The summed E-state index contributed by atoms with van der Waals surface area (Å²) in [7, 11) is -1.13. The highest BCUT2D eigenvalue weighted by molar-refractivity contribution is 6.80. The van der Waals surface area contributed by atoms with Crippen molar-refractivity contribution >= 4 is 19.4 Å². The van der Waals surface area contributed by atoms with Gasteiger partial charge in [0.2, 0.25) is 0 Å². The fraction of sp³-hybridized carbons (Fsp3) is 0.200. The maximum absolute atomic E-state index is 6.08. The van der Waals surface area contributed by atoms with Crippen molar-refractivity contribution in [3.8, 4) is 0 Å². The molecule has 93 valence electrons. The molecule has 1 radical (unpaired) electrons. The third kappa shape index (κ3) is 3.53. The molecule has 2 nitrogen and oxygen atoms in total. The monoisotopic (exact) mass is 256 g/mol. The molecule has 2 N–H and O–H groups in total. The summed E-state index contributed by atoms with van der Waals surface area (Å²) in [6, 6.07) is 20.9. The van der Waals surface area contributed by atoms with Crippen LogP contribution in [0.5, 0.6) is 0 Å². The average molecular weight is 256 g/mol. The molecule has 0 aromatic heterocycles. The maximum Gasteiger partial charge on any atom is 0.282 e. The van der Waals surface area contributed by atoms with Crippen molar-refractivity contribution in [3.63, 3.8) is 0 Å². The topological polar surface area (TPSA) is 35.2 Å². The van der Waals surface area contributed by atoms with Gasteiger partial charge in [-0.1, -0.05) is 60.7 Å². The first-order valence-corrected chi connectivity index (χ1v) is 7.63.